The van der Waals surface area contributed by atoms with Crippen molar-refractivity contribution in [2.24, 2.45) is 0 Å². The molecule has 0 unspecified atom stereocenters. The molecule has 0 saturated carbocycles. The minimum atomic E-state index is -0.199. The van der Waals surface area contributed by atoms with Gasteiger partial charge in [-0.05, 0) is 26.5 Å². The summed E-state index contributed by atoms with van der Waals surface area (Å²) in [5.74, 6) is 0.274. The highest BCUT2D eigenvalue weighted by Crippen LogP contribution is 2.22. The van der Waals surface area contributed by atoms with Crippen molar-refractivity contribution < 1.29 is 4.39 Å². The second kappa shape index (κ2) is 5.27. The predicted octanol–water partition coefficient (Wildman–Crippen LogP) is 2.10. The summed E-state index contributed by atoms with van der Waals surface area (Å²) in [5, 5.41) is 2.96. The molecular weight excluding hydrogens is 217 g/mol. The van der Waals surface area contributed by atoms with E-state index < -0.39 is 0 Å². The molecule has 0 aliphatic carbocycles. The fourth-order valence-corrected chi connectivity index (χ4v) is 1.98. The van der Waals surface area contributed by atoms with Gasteiger partial charge in [0.25, 0.3) is 0 Å². The van der Waals surface area contributed by atoms with E-state index in [1.165, 1.54) is 5.57 Å². The summed E-state index contributed by atoms with van der Waals surface area (Å²) < 4.78 is 14.2. The Bertz CT molecular complexity index is 429. The molecule has 1 N–H and O–H groups in total. The highest BCUT2D eigenvalue weighted by molar-refractivity contribution is 5.45. The molecule has 0 atom stereocenters. The van der Waals surface area contributed by atoms with Gasteiger partial charge >= 0.3 is 0 Å². The van der Waals surface area contributed by atoms with Crippen molar-refractivity contribution in [3.8, 4) is 0 Å². The summed E-state index contributed by atoms with van der Waals surface area (Å²) >= 11 is 0. The highest BCUT2D eigenvalue weighted by atomic mass is 19.1. The van der Waals surface area contributed by atoms with Gasteiger partial charge in [-0.2, -0.15) is 0 Å². The molecule has 2 rings (SSSR count). The van der Waals surface area contributed by atoms with Crippen LogP contribution in [0.4, 0.5) is 10.2 Å². The third-order valence-electron chi connectivity index (χ3n) is 3.05. The molecule has 0 saturated heterocycles. The number of halogens is 1. The normalized spacial score (nSPS) is 15.9. The van der Waals surface area contributed by atoms with E-state index in [4.69, 9.17) is 0 Å². The smallest absolute Gasteiger partial charge is 0.170 e. The van der Waals surface area contributed by atoms with E-state index in [2.05, 4.69) is 23.3 Å². The Morgan fingerprint density at radius 1 is 1.53 bits per heavy atom. The molecule has 3 nitrogen and oxygen atoms in total. The summed E-state index contributed by atoms with van der Waals surface area (Å²) in [6, 6.07) is 1.72. The fraction of sp³-hybridized carbons (Fsp3) is 0.462. The summed E-state index contributed by atoms with van der Waals surface area (Å²) in [6.45, 7) is 4.23. The van der Waals surface area contributed by atoms with Gasteiger partial charge in [-0.25, -0.2) is 9.37 Å². The SMILES string of the molecule is CNCc1ccnc(N2CC=C(C)CC2)c1F. The number of pyridine rings is 1. The van der Waals surface area contributed by atoms with Crippen LogP contribution in [-0.4, -0.2) is 25.1 Å². The minimum Gasteiger partial charge on any atom is -0.350 e. The number of rotatable bonds is 3. The zero-order valence-corrected chi connectivity index (χ0v) is 10.3. The van der Waals surface area contributed by atoms with Crippen molar-refractivity contribution in [1.82, 2.24) is 10.3 Å². The lowest BCUT2D eigenvalue weighted by Gasteiger charge is -2.27. The van der Waals surface area contributed by atoms with Gasteiger partial charge < -0.3 is 10.2 Å². The summed E-state index contributed by atoms with van der Waals surface area (Å²) in [5.41, 5.74) is 2.04. The van der Waals surface area contributed by atoms with E-state index in [1.54, 1.807) is 12.3 Å². The van der Waals surface area contributed by atoms with Gasteiger partial charge in [0, 0.05) is 31.4 Å². The highest BCUT2D eigenvalue weighted by Gasteiger charge is 2.17. The zero-order chi connectivity index (χ0) is 12.3. The largest absolute Gasteiger partial charge is 0.350 e. The third kappa shape index (κ3) is 2.64. The lowest BCUT2D eigenvalue weighted by Crippen LogP contribution is -2.30. The zero-order valence-electron chi connectivity index (χ0n) is 10.3. The van der Waals surface area contributed by atoms with Gasteiger partial charge in [0.05, 0.1) is 0 Å². The maximum atomic E-state index is 14.2. The van der Waals surface area contributed by atoms with Gasteiger partial charge in [-0.1, -0.05) is 11.6 Å². The van der Waals surface area contributed by atoms with E-state index in [1.807, 2.05) is 11.9 Å². The van der Waals surface area contributed by atoms with Crippen molar-refractivity contribution in [3.63, 3.8) is 0 Å². The number of nitrogens with zero attached hydrogens (tertiary/aromatic N) is 2. The number of nitrogens with one attached hydrogen (secondary N) is 1. The number of hydrogen-bond donors (Lipinski definition) is 1. The molecule has 0 spiro atoms. The van der Waals surface area contributed by atoms with Crippen LogP contribution in [0.15, 0.2) is 23.9 Å². The first-order valence-electron chi connectivity index (χ1n) is 5.91. The number of hydrogen-bond acceptors (Lipinski definition) is 3. The van der Waals surface area contributed by atoms with Crippen molar-refractivity contribution in [2.45, 2.75) is 19.9 Å². The lowest BCUT2D eigenvalue weighted by molar-refractivity contribution is 0.585. The summed E-state index contributed by atoms with van der Waals surface area (Å²) in [4.78, 5) is 6.15. The number of anilines is 1. The molecule has 0 aromatic carbocycles. The average molecular weight is 235 g/mol. The maximum Gasteiger partial charge on any atom is 0.170 e. The molecule has 17 heavy (non-hydrogen) atoms. The molecule has 1 aliphatic rings. The van der Waals surface area contributed by atoms with E-state index in [-0.39, 0.29) is 5.82 Å². The first-order chi connectivity index (χ1) is 8.22. The quantitative estimate of drug-likeness (QED) is 0.813. The average Bonchev–Trinajstić information content (AvgIpc) is 2.34. The van der Waals surface area contributed by atoms with Crippen LogP contribution in [0.3, 0.4) is 0 Å². The van der Waals surface area contributed by atoms with E-state index in [0.717, 1.165) is 19.5 Å². The van der Waals surface area contributed by atoms with Gasteiger partial charge in [-0.3, -0.25) is 0 Å². The lowest BCUT2D eigenvalue weighted by atomic mass is 10.1. The topological polar surface area (TPSA) is 28.2 Å². The number of aromatic nitrogens is 1. The Morgan fingerprint density at radius 2 is 2.35 bits per heavy atom. The van der Waals surface area contributed by atoms with Gasteiger partial charge in [0.2, 0.25) is 0 Å². The van der Waals surface area contributed by atoms with Crippen LogP contribution < -0.4 is 10.2 Å². The molecule has 0 amide bonds. The Kier molecular flexibility index (Phi) is 3.74. The van der Waals surface area contributed by atoms with Crippen LogP contribution in [-0.2, 0) is 6.54 Å². The monoisotopic (exact) mass is 235 g/mol. The molecular formula is C13H18FN3. The van der Waals surface area contributed by atoms with Crippen LogP contribution >= 0.6 is 0 Å². The third-order valence-corrected chi connectivity index (χ3v) is 3.05. The van der Waals surface area contributed by atoms with Crippen molar-refractivity contribution in [3.05, 3.63) is 35.3 Å². The van der Waals surface area contributed by atoms with Crippen molar-refractivity contribution in [1.29, 1.82) is 0 Å². The Hall–Kier alpha value is -1.42. The molecule has 0 bridgehead atoms. The Morgan fingerprint density at radius 3 is 3.00 bits per heavy atom. The first kappa shape index (κ1) is 12.0. The van der Waals surface area contributed by atoms with E-state index in [9.17, 15) is 4.39 Å². The van der Waals surface area contributed by atoms with Crippen LogP contribution in [0.2, 0.25) is 0 Å². The second-order valence-corrected chi connectivity index (χ2v) is 4.38. The van der Waals surface area contributed by atoms with Crippen LogP contribution in [0.25, 0.3) is 0 Å². The molecule has 1 aliphatic heterocycles. The van der Waals surface area contributed by atoms with Gasteiger partial charge in [-0.15, -0.1) is 0 Å². The van der Waals surface area contributed by atoms with E-state index in [0.29, 0.717) is 17.9 Å². The molecule has 92 valence electrons. The fourth-order valence-electron chi connectivity index (χ4n) is 1.98. The van der Waals surface area contributed by atoms with Gasteiger partial charge in [0.1, 0.15) is 0 Å². The van der Waals surface area contributed by atoms with Crippen molar-refractivity contribution >= 4 is 5.82 Å². The maximum absolute atomic E-state index is 14.2. The molecule has 1 aromatic heterocycles. The predicted molar refractivity (Wildman–Crippen MR) is 67.5 cm³/mol. The van der Waals surface area contributed by atoms with Gasteiger partial charge in [0.15, 0.2) is 11.6 Å². The molecule has 1 aromatic rings. The van der Waals surface area contributed by atoms with Crippen LogP contribution in [0.1, 0.15) is 18.9 Å². The Balaban J connectivity index is 2.24. The summed E-state index contributed by atoms with van der Waals surface area (Å²) in [7, 11) is 1.81. The van der Waals surface area contributed by atoms with Crippen LogP contribution in [0.5, 0.6) is 0 Å². The molecule has 0 fully saturated rings. The first-order valence-corrected chi connectivity index (χ1v) is 5.91. The Labute approximate surface area is 101 Å². The second-order valence-electron chi connectivity index (χ2n) is 4.38. The molecule has 2 heterocycles. The molecule has 0 radical (unpaired) electrons. The molecule has 4 heteroatoms. The van der Waals surface area contributed by atoms with Crippen LogP contribution in [0, 0.1) is 5.82 Å². The van der Waals surface area contributed by atoms with E-state index >= 15 is 0 Å². The standard InChI is InChI=1S/C13H18FN3/c1-10-4-7-17(8-5-10)13-12(14)11(9-15-2)3-6-16-13/h3-4,6,15H,5,7-9H2,1-2H3. The van der Waals surface area contributed by atoms with Crippen molar-refractivity contribution in [2.75, 3.05) is 25.0 Å². The minimum absolute atomic E-state index is 0.199. The summed E-state index contributed by atoms with van der Waals surface area (Å²) in [6.07, 6.45) is 4.79.